The number of ether oxygens (including phenoxy) is 1. The molecule has 2 saturated carbocycles. The number of nitrogens with one attached hydrogen (secondary N) is 3. The fourth-order valence-corrected chi connectivity index (χ4v) is 6.59. The zero-order chi connectivity index (χ0) is 32.4. The summed E-state index contributed by atoms with van der Waals surface area (Å²) >= 11 is 0. The number of nitrogens with zero attached hydrogens (tertiary/aromatic N) is 1. The first-order chi connectivity index (χ1) is 20.6. The molecule has 3 saturated heterocycles. The molecule has 5 fully saturated rings. The summed E-state index contributed by atoms with van der Waals surface area (Å²) in [6, 6.07) is -6.15. The Morgan fingerprint density at radius 2 is 1.80 bits per heavy atom. The topological polar surface area (TPSA) is 134 Å². The van der Waals surface area contributed by atoms with Gasteiger partial charge in [0.1, 0.15) is 12.1 Å². The summed E-state index contributed by atoms with van der Waals surface area (Å²) in [5.41, 5.74) is 0. The van der Waals surface area contributed by atoms with Gasteiger partial charge in [-0.05, 0) is 51.0 Å². The number of hydrogen-bond donors (Lipinski definition) is 3. The van der Waals surface area contributed by atoms with Crippen molar-refractivity contribution in [3.8, 4) is 0 Å². The van der Waals surface area contributed by atoms with Crippen molar-refractivity contribution in [1.82, 2.24) is 20.9 Å². The first-order valence-corrected chi connectivity index (χ1v) is 14.8. The van der Waals surface area contributed by atoms with Crippen LogP contribution in [0.1, 0.15) is 64.7 Å². The van der Waals surface area contributed by atoms with E-state index in [1.165, 1.54) is 6.92 Å². The number of carbonyl (C=O) groups is 5. The molecule has 10 nitrogen and oxygen atoms in total. The predicted octanol–water partition coefficient (Wildman–Crippen LogP) is 2.67. The molecular weight excluding hydrogens is 602 g/mol. The van der Waals surface area contributed by atoms with Crippen LogP contribution in [0.25, 0.3) is 0 Å². The second-order valence-corrected chi connectivity index (χ2v) is 11.9. The SMILES string of the molecule is CCOC(=O)/C(F)=C\[C@H](C[C@@H]1CCNC1=O)NC(=O)[C@H]1[C@@H]2CC[C@@H](CC2(F)F)N1C(=O)[C@@H](CC1CCC1)NC(=O)C(F)(F)F. The highest BCUT2D eigenvalue weighted by atomic mass is 19.4. The molecule has 2 aliphatic carbocycles. The lowest BCUT2D eigenvalue weighted by Crippen LogP contribution is -2.71. The normalized spacial score (nSPS) is 28.0. The molecule has 16 heteroatoms. The third-order valence-electron chi connectivity index (χ3n) is 8.96. The van der Waals surface area contributed by atoms with Crippen LogP contribution in [0.4, 0.5) is 26.3 Å². The van der Waals surface area contributed by atoms with Crippen molar-refractivity contribution in [1.29, 1.82) is 0 Å². The van der Waals surface area contributed by atoms with E-state index >= 15 is 8.78 Å². The third-order valence-corrected chi connectivity index (χ3v) is 8.96. The van der Waals surface area contributed by atoms with Gasteiger partial charge in [-0.3, -0.25) is 19.2 Å². The molecule has 246 valence electrons. The van der Waals surface area contributed by atoms with E-state index in [0.717, 1.165) is 11.3 Å². The largest absolute Gasteiger partial charge is 0.471 e. The Balaban J connectivity index is 1.64. The number of piperidine rings is 2. The number of fused-ring (bicyclic) bond motifs is 3. The van der Waals surface area contributed by atoms with Crippen molar-refractivity contribution in [3.05, 3.63) is 11.9 Å². The number of esters is 1. The summed E-state index contributed by atoms with van der Waals surface area (Å²) < 4.78 is 89.1. The van der Waals surface area contributed by atoms with E-state index < -0.39 is 89.9 Å². The van der Waals surface area contributed by atoms with E-state index in [-0.39, 0.29) is 38.2 Å². The highest BCUT2D eigenvalue weighted by Crippen LogP contribution is 2.49. The minimum atomic E-state index is -5.31. The number of hydrogen-bond acceptors (Lipinski definition) is 6. The molecule has 6 atom stereocenters. The van der Waals surface area contributed by atoms with Crippen LogP contribution in [-0.2, 0) is 28.7 Å². The van der Waals surface area contributed by atoms with Crippen LogP contribution in [0, 0.1) is 17.8 Å². The van der Waals surface area contributed by atoms with Crippen LogP contribution < -0.4 is 16.0 Å². The van der Waals surface area contributed by atoms with Crippen LogP contribution in [0.5, 0.6) is 0 Å². The number of halogens is 6. The van der Waals surface area contributed by atoms with Gasteiger partial charge in [-0.1, -0.05) is 19.3 Å². The van der Waals surface area contributed by atoms with E-state index in [1.807, 2.05) is 0 Å². The molecule has 0 radical (unpaired) electrons. The Hall–Kier alpha value is -3.33. The molecule has 4 amide bonds. The van der Waals surface area contributed by atoms with Gasteiger partial charge in [0.15, 0.2) is 0 Å². The molecule has 0 aromatic carbocycles. The van der Waals surface area contributed by atoms with Gasteiger partial charge in [0.25, 0.3) is 5.92 Å². The van der Waals surface area contributed by atoms with Crippen molar-refractivity contribution in [2.75, 3.05) is 13.2 Å². The van der Waals surface area contributed by atoms with Crippen molar-refractivity contribution in [3.63, 3.8) is 0 Å². The molecule has 3 N–H and O–H groups in total. The molecule has 3 heterocycles. The Labute approximate surface area is 249 Å². The first kappa shape index (κ1) is 33.6. The fraction of sp³-hybridized carbons (Fsp3) is 0.750. The van der Waals surface area contributed by atoms with Gasteiger partial charge >= 0.3 is 18.1 Å². The summed E-state index contributed by atoms with van der Waals surface area (Å²) in [6.07, 6.45) is -3.60. The summed E-state index contributed by atoms with van der Waals surface area (Å²) in [5.74, 6) is -13.7. The number of alkyl halides is 5. The summed E-state index contributed by atoms with van der Waals surface area (Å²) in [5, 5.41) is 6.69. The van der Waals surface area contributed by atoms with Gasteiger partial charge in [-0.15, -0.1) is 0 Å². The van der Waals surface area contributed by atoms with Gasteiger partial charge in [0.05, 0.1) is 18.6 Å². The standard InChI is InChI=1S/C28H36F6N4O6/c1-2-44-25(42)19(29)12-16(11-15-8-9-35-22(15)39)36-23(40)21-18-7-6-17(13-27(18,30)31)38(21)24(41)20(10-14-4-3-5-14)37-26(43)28(32,33)34/h12,14-18,20-21H,2-11,13H2,1H3,(H,35,39)(H,36,40)(H,37,43)/b19-12+/t15-,16-,17-,18-,20+,21+/m0/s1. The Kier molecular flexibility index (Phi) is 10.2. The lowest BCUT2D eigenvalue weighted by Gasteiger charge is -2.54. The Morgan fingerprint density at radius 1 is 1.09 bits per heavy atom. The lowest BCUT2D eigenvalue weighted by atomic mass is 9.71. The van der Waals surface area contributed by atoms with E-state index in [0.29, 0.717) is 31.9 Å². The van der Waals surface area contributed by atoms with Crippen molar-refractivity contribution in [2.24, 2.45) is 17.8 Å². The maximum absolute atomic E-state index is 15.2. The van der Waals surface area contributed by atoms with Crippen molar-refractivity contribution >= 4 is 29.6 Å². The summed E-state index contributed by atoms with van der Waals surface area (Å²) in [4.78, 5) is 64.4. The molecule has 44 heavy (non-hydrogen) atoms. The van der Waals surface area contributed by atoms with E-state index in [4.69, 9.17) is 0 Å². The average molecular weight is 639 g/mol. The molecular formula is C28H36F6N4O6. The molecule has 2 bridgehead atoms. The maximum atomic E-state index is 15.2. The summed E-state index contributed by atoms with van der Waals surface area (Å²) in [6.45, 7) is 1.58. The molecule has 0 spiro atoms. The Bertz CT molecular complexity index is 1180. The minimum Gasteiger partial charge on any atom is -0.461 e. The van der Waals surface area contributed by atoms with Crippen molar-refractivity contribution < 1.29 is 55.1 Å². The molecule has 0 unspecified atom stereocenters. The van der Waals surface area contributed by atoms with Gasteiger partial charge in [0.2, 0.25) is 23.5 Å². The molecule has 3 aliphatic heterocycles. The zero-order valence-electron chi connectivity index (χ0n) is 24.1. The minimum absolute atomic E-state index is 0.0577. The van der Waals surface area contributed by atoms with Gasteiger partial charge < -0.3 is 25.6 Å². The van der Waals surface area contributed by atoms with Crippen LogP contribution in [0.3, 0.4) is 0 Å². The quantitative estimate of drug-likeness (QED) is 0.181. The lowest BCUT2D eigenvalue weighted by molar-refractivity contribution is -0.196. The molecule has 0 aromatic rings. The predicted molar refractivity (Wildman–Crippen MR) is 140 cm³/mol. The van der Waals surface area contributed by atoms with Gasteiger partial charge in [-0.2, -0.15) is 17.6 Å². The first-order valence-electron chi connectivity index (χ1n) is 14.8. The molecule has 5 aliphatic rings. The van der Waals surface area contributed by atoms with Crippen LogP contribution >= 0.6 is 0 Å². The molecule has 5 rings (SSSR count). The van der Waals surface area contributed by atoms with Crippen LogP contribution in [0.2, 0.25) is 0 Å². The highest BCUT2D eigenvalue weighted by molar-refractivity contribution is 5.94. The summed E-state index contributed by atoms with van der Waals surface area (Å²) in [7, 11) is 0. The number of carbonyl (C=O) groups excluding carboxylic acids is 5. The monoisotopic (exact) mass is 638 g/mol. The number of rotatable bonds is 11. The van der Waals surface area contributed by atoms with E-state index in [9.17, 15) is 41.5 Å². The van der Waals surface area contributed by atoms with Crippen LogP contribution in [0.15, 0.2) is 11.9 Å². The number of amides is 4. The van der Waals surface area contributed by atoms with Crippen LogP contribution in [-0.4, -0.2) is 83.9 Å². The van der Waals surface area contributed by atoms with Gasteiger partial charge in [0, 0.05) is 24.9 Å². The zero-order valence-corrected chi connectivity index (χ0v) is 24.1. The maximum Gasteiger partial charge on any atom is 0.471 e. The van der Waals surface area contributed by atoms with Gasteiger partial charge in [-0.25, -0.2) is 13.6 Å². The van der Waals surface area contributed by atoms with Crippen molar-refractivity contribution in [2.45, 2.75) is 101 Å². The second-order valence-electron chi connectivity index (χ2n) is 11.9. The fourth-order valence-electron chi connectivity index (χ4n) is 6.59. The smallest absolute Gasteiger partial charge is 0.461 e. The third kappa shape index (κ3) is 7.48. The second kappa shape index (κ2) is 13.3. The van der Waals surface area contributed by atoms with E-state index in [1.54, 1.807) is 5.32 Å². The highest BCUT2D eigenvalue weighted by Gasteiger charge is 2.61. The molecule has 0 aromatic heterocycles. The van der Waals surface area contributed by atoms with E-state index in [2.05, 4.69) is 15.4 Å². The Morgan fingerprint density at radius 3 is 2.34 bits per heavy atom. The average Bonchev–Trinajstić information content (AvgIpc) is 3.31.